The van der Waals surface area contributed by atoms with Gasteiger partial charge in [-0.15, -0.1) is 12.4 Å². The maximum absolute atomic E-state index is 13.5. The lowest BCUT2D eigenvalue weighted by Gasteiger charge is -2.25. The van der Waals surface area contributed by atoms with E-state index in [1.165, 1.54) is 11.3 Å². The molecule has 2 heterocycles. The number of hydrogen-bond acceptors (Lipinski definition) is 5. The summed E-state index contributed by atoms with van der Waals surface area (Å²) in [6.07, 6.45) is 1.72. The van der Waals surface area contributed by atoms with E-state index in [0.29, 0.717) is 22.4 Å². The highest BCUT2D eigenvalue weighted by atomic mass is 35.5. The number of carbonyl (C=O) groups is 1. The first-order chi connectivity index (χ1) is 13.4. The summed E-state index contributed by atoms with van der Waals surface area (Å²) in [4.78, 5) is 22.3. The fraction of sp³-hybridized carbons (Fsp3) is 0.450. The van der Waals surface area contributed by atoms with E-state index in [0.717, 1.165) is 41.0 Å². The third-order valence-electron chi connectivity index (χ3n) is 5.02. The molecule has 3 aromatic rings. The first-order valence-electron chi connectivity index (χ1n) is 9.45. The Bertz CT molecular complexity index is 938. The number of nitrogens with zero attached hydrogens (tertiary/aromatic N) is 5. The average molecular weight is 456 g/mol. The number of amides is 1. The van der Waals surface area contributed by atoms with E-state index in [4.69, 9.17) is 16.6 Å². The number of aryl methyl sites for hydroxylation is 3. The molecular weight excluding hydrogens is 429 g/mol. The molecule has 0 aliphatic carbocycles. The molecule has 1 aromatic carbocycles. The number of aromatic nitrogens is 3. The second kappa shape index (κ2) is 9.89. The lowest BCUT2D eigenvalue weighted by molar-refractivity contribution is 0.0974. The van der Waals surface area contributed by atoms with E-state index in [9.17, 15) is 4.79 Å². The highest BCUT2D eigenvalue weighted by Crippen LogP contribution is 2.36. The molecule has 0 saturated heterocycles. The predicted octanol–water partition coefficient (Wildman–Crippen LogP) is 4.71. The van der Waals surface area contributed by atoms with Crippen LogP contribution in [0.15, 0.2) is 18.3 Å². The van der Waals surface area contributed by atoms with Crippen molar-refractivity contribution in [1.82, 2.24) is 19.7 Å². The van der Waals surface area contributed by atoms with Gasteiger partial charge in [0, 0.05) is 20.1 Å². The summed E-state index contributed by atoms with van der Waals surface area (Å²) in [5.41, 5.74) is 3.35. The first kappa shape index (κ1) is 23.6. The van der Waals surface area contributed by atoms with E-state index in [2.05, 4.69) is 23.8 Å². The molecule has 0 N–H and O–H groups in total. The molecule has 0 saturated carbocycles. The maximum Gasteiger partial charge on any atom is 0.278 e. The molecule has 0 spiro atoms. The SMILES string of the molecule is CCN(CC)CCN(C(=O)c1c(C)cnn1C)c1nc2c(C)ccc(Cl)c2s1.Cl. The largest absolute Gasteiger partial charge is 0.302 e. The summed E-state index contributed by atoms with van der Waals surface area (Å²) >= 11 is 7.86. The Balaban J connectivity index is 0.00000300. The fourth-order valence-corrected chi connectivity index (χ4v) is 4.59. The van der Waals surface area contributed by atoms with Crippen LogP contribution < -0.4 is 4.90 Å². The molecular formula is C20H27Cl2N5OS. The minimum atomic E-state index is -0.0857. The molecule has 0 aliphatic rings. The molecule has 0 fully saturated rings. The molecule has 3 rings (SSSR count). The maximum atomic E-state index is 13.5. The molecule has 6 nitrogen and oxygen atoms in total. The Labute approximate surface area is 186 Å². The molecule has 29 heavy (non-hydrogen) atoms. The van der Waals surface area contributed by atoms with E-state index < -0.39 is 0 Å². The van der Waals surface area contributed by atoms with Gasteiger partial charge in [-0.3, -0.25) is 14.4 Å². The van der Waals surface area contributed by atoms with Gasteiger partial charge in [0.15, 0.2) is 5.13 Å². The lowest BCUT2D eigenvalue weighted by Crippen LogP contribution is -2.39. The van der Waals surface area contributed by atoms with Crippen molar-refractivity contribution in [2.75, 3.05) is 31.1 Å². The number of likely N-dealkylation sites (N-methyl/N-ethyl adjacent to an activating group) is 1. The van der Waals surface area contributed by atoms with Crippen LogP contribution in [0.5, 0.6) is 0 Å². The number of fused-ring (bicyclic) bond motifs is 1. The summed E-state index contributed by atoms with van der Waals surface area (Å²) in [5.74, 6) is -0.0857. The van der Waals surface area contributed by atoms with Crippen LogP contribution in [0, 0.1) is 13.8 Å². The van der Waals surface area contributed by atoms with Crippen LogP contribution in [0.25, 0.3) is 10.2 Å². The van der Waals surface area contributed by atoms with Crippen molar-refractivity contribution in [3.05, 3.63) is 40.2 Å². The first-order valence-corrected chi connectivity index (χ1v) is 10.6. The smallest absolute Gasteiger partial charge is 0.278 e. The number of hydrogen-bond donors (Lipinski definition) is 0. The number of benzene rings is 1. The van der Waals surface area contributed by atoms with Gasteiger partial charge in [0.1, 0.15) is 5.69 Å². The van der Waals surface area contributed by atoms with Crippen LogP contribution in [-0.4, -0.2) is 51.8 Å². The molecule has 0 aliphatic heterocycles. The minimum absolute atomic E-state index is 0. The van der Waals surface area contributed by atoms with E-state index >= 15 is 0 Å². The van der Waals surface area contributed by atoms with Gasteiger partial charge in [0.25, 0.3) is 5.91 Å². The Hall–Kier alpha value is -1.67. The molecule has 9 heteroatoms. The van der Waals surface area contributed by atoms with Gasteiger partial charge < -0.3 is 4.90 Å². The molecule has 1 amide bonds. The molecule has 0 atom stereocenters. The van der Waals surface area contributed by atoms with Crippen LogP contribution >= 0.6 is 35.3 Å². The van der Waals surface area contributed by atoms with Gasteiger partial charge >= 0.3 is 0 Å². The summed E-state index contributed by atoms with van der Waals surface area (Å²) in [6.45, 7) is 11.4. The Morgan fingerprint density at radius 2 is 1.86 bits per heavy atom. The summed E-state index contributed by atoms with van der Waals surface area (Å²) < 4.78 is 2.55. The Kier molecular flexibility index (Phi) is 8.05. The van der Waals surface area contributed by atoms with Gasteiger partial charge in [-0.1, -0.05) is 42.9 Å². The zero-order chi connectivity index (χ0) is 20.4. The van der Waals surface area contributed by atoms with Crippen molar-refractivity contribution < 1.29 is 4.79 Å². The zero-order valence-electron chi connectivity index (χ0n) is 17.4. The van der Waals surface area contributed by atoms with Crippen molar-refractivity contribution in [1.29, 1.82) is 0 Å². The van der Waals surface area contributed by atoms with Gasteiger partial charge in [-0.05, 0) is 44.1 Å². The van der Waals surface area contributed by atoms with E-state index in [1.807, 2.05) is 26.0 Å². The van der Waals surface area contributed by atoms with Crippen LogP contribution in [0.1, 0.15) is 35.5 Å². The van der Waals surface area contributed by atoms with Crippen LogP contribution in [0.4, 0.5) is 5.13 Å². The quantitative estimate of drug-likeness (QED) is 0.517. The topological polar surface area (TPSA) is 54.3 Å². The van der Waals surface area contributed by atoms with Crippen molar-refractivity contribution in [3.63, 3.8) is 0 Å². The number of halogens is 2. The predicted molar refractivity (Wildman–Crippen MR) is 124 cm³/mol. The highest BCUT2D eigenvalue weighted by molar-refractivity contribution is 7.23. The number of thiazole rings is 1. The molecule has 0 bridgehead atoms. The van der Waals surface area contributed by atoms with Gasteiger partial charge in [0.05, 0.1) is 21.4 Å². The highest BCUT2D eigenvalue weighted by Gasteiger charge is 2.26. The molecule has 158 valence electrons. The zero-order valence-corrected chi connectivity index (χ0v) is 19.8. The van der Waals surface area contributed by atoms with Gasteiger partial charge in [-0.2, -0.15) is 5.10 Å². The number of carbonyl (C=O) groups excluding carboxylic acids is 1. The fourth-order valence-electron chi connectivity index (χ4n) is 3.25. The number of rotatable bonds is 7. The lowest BCUT2D eigenvalue weighted by atomic mass is 10.2. The van der Waals surface area contributed by atoms with Gasteiger partial charge in [0.2, 0.25) is 0 Å². The van der Waals surface area contributed by atoms with Crippen molar-refractivity contribution in [2.24, 2.45) is 7.05 Å². The monoisotopic (exact) mass is 455 g/mol. The van der Waals surface area contributed by atoms with Crippen molar-refractivity contribution >= 4 is 56.6 Å². The molecule has 0 unspecified atom stereocenters. The van der Waals surface area contributed by atoms with Gasteiger partial charge in [-0.25, -0.2) is 4.98 Å². The standard InChI is InChI=1S/C20H26ClN5OS.ClH/c1-6-25(7-2)10-11-26(19(27)17-14(4)12-22-24(17)5)20-23-16-13(3)8-9-15(21)18(16)28-20;/h8-9,12H,6-7,10-11H2,1-5H3;1H. The molecule has 2 aromatic heterocycles. The molecule has 0 radical (unpaired) electrons. The van der Waals surface area contributed by atoms with E-state index in [1.54, 1.807) is 22.8 Å². The third kappa shape index (κ3) is 4.74. The van der Waals surface area contributed by atoms with E-state index in [-0.39, 0.29) is 18.3 Å². The second-order valence-electron chi connectivity index (χ2n) is 6.82. The third-order valence-corrected chi connectivity index (χ3v) is 6.56. The minimum Gasteiger partial charge on any atom is -0.302 e. The number of anilines is 1. The van der Waals surface area contributed by atoms with Crippen LogP contribution in [0.2, 0.25) is 5.02 Å². The Morgan fingerprint density at radius 3 is 2.41 bits per heavy atom. The van der Waals surface area contributed by atoms with Crippen LogP contribution in [-0.2, 0) is 7.05 Å². The normalized spacial score (nSPS) is 11.1. The van der Waals surface area contributed by atoms with Crippen molar-refractivity contribution in [2.45, 2.75) is 27.7 Å². The summed E-state index contributed by atoms with van der Waals surface area (Å²) in [6, 6.07) is 3.84. The second-order valence-corrected chi connectivity index (χ2v) is 8.21. The van der Waals surface area contributed by atoms with Crippen LogP contribution in [0.3, 0.4) is 0 Å². The average Bonchev–Trinajstić information content (AvgIpc) is 3.26. The Morgan fingerprint density at radius 1 is 1.17 bits per heavy atom. The summed E-state index contributed by atoms with van der Waals surface area (Å²) in [7, 11) is 1.79. The summed E-state index contributed by atoms with van der Waals surface area (Å²) in [5, 5.41) is 5.57. The van der Waals surface area contributed by atoms with Crippen molar-refractivity contribution in [3.8, 4) is 0 Å².